The molecule has 0 bridgehead atoms. The minimum Gasteiger partial charge on any atom is -0.306 e. The van der Waals surface area contributed by atoms with Crippen molar-refractivity contribution in [3.63, 3.8) is 0 Å². The van der Waals surface area contributed by atoms with E-state index in [1.165, 1.54) is 0 Å². The average Bonchev–Trinajstić information content (AvgIpc) is 2.50. The molecule has 1 unspecified atom stereocenters. The van der Waals surface area contributed by atoms with Gasteiger partial charge in [-0.1, -0.05) is 41.9 Å². The number of halogens is 1. The maximum Gasteiger partial charge on any atom is 0.245 e. The van der Waals surface area contributed by atoms with Crippen LogP contribution in [0.2, 0.25) is 5.02 Å². The average molecular weight is 334 g/mol. The van der Waals surface area contributed by atoms with E-state index < -0.39 is 16.0 Å². The van der Waals surface area contributed by atoms with E-state index in [4.69, 9.17) is 11.6 Å². The molecule has 3 atom stereocenters. The number of nitrogens with zero attached hydrogens (tertiary/aromatic N) is 1. The van der Waals surface area contributed by atoms with Gasteiger partial charge in [0.05, 0.1) is 6.04 Å². The van der Waals surface area contributed by atoms with Crippen LogP contribution in [0.3, 0.4) is 0 Å². The van der Waals surface area contributed by atoms with Crippen molar-refractivity contribution in [3.05, 3.63) is 65.2 Å². The smallest absolute Gasteiger partial charge is 0.245 e. The Morgan fingerprint density at radius 1 is 1.09 bits per heavy atom. The first kappa shape index (κ1) is 15.3. The zero-order valence-corrected chi connectivity index (χ0v) is 13.7. The molecule has 1 amide bonds. The lowest BCUT2D eigenvalue weighted by atomic mass is 9.93. The van der Waals surface area contributed by atoms with Crippen LogP contribution in [-0.4, -0.2) is 27.7 Å². The summed E-state index contributed by atoms with van der Waals surface area (Å²) in [6.07, 6.45) is 2.29. The van der Waals surface area contributed by atoms with E-state index in [2.05, 4.69) is 0 Å². The molecule has 0 spiro atoms. The summed E-state index contributed by atoms with van der Waals surface area (Å²) in [6, 6.07) is 17.1. The molecule has 3 nitrogen and oxygen atoms in total. The highest BCUT2D eigenvalue weighted by molar-refractivity contribution is 7.86. The maximum absolute atomic E-state index is 12.4. The number of carbonyl (C=O) groups is 1. The molecule has 0 N–H and O–H groups in total. The molecular weight excluding hydrogens is 318 g/mol. The number of anilines is 1. The van der Waals surface area contributed by atoms with Crippen molar-refractivity contribution in [2.45, 2.75) is 17.7 Å². The Morgan fingerprint density at radius 2 is 1.73 bits per heavy atom. The quantitative estimate of drug-likeness (QED) is 0.806. The summed E-state index contributed by atoms with van der Waals surface area (Å²) in [7, 11) is -1.17. The van der Waals surface area contributed by atoms with Gasteiger partial charge >= 0.3 is 0 Å². The molecule has 114 valence electrons. The van der Waals surface area contributed by atoms with E-state index in [-0.39, 0.29) is 11.9 Å². The number of rotatable bonds is 4. The summed E-state index contributed by atoms with van der Waals surface area (Å²) in [6.45, 7) is 0. The Bertz CT molecular complexity index is 702. The third-order valence-corrected chi connectivity index (χ3v) is 5.39. The van der Waals surface area contributed by atoms with Crippen molar-refractivity contribution < 1.29 is 9.00 Å². The predicted octanol–water partition coefficient (Wildman–Crippen LogP) is 3.05. The van der Waals surface area contributed by atoms with E-state index in [1.54, 1.807) is 23.3 Å². The first-order valence-corrected chi connectivity index (χ1v) is 9.02. The zero-order valence-electron chi connectivity index (χ0n) is 12.1. The first-order chi connectivity index (χ1) is 10.6. The third-order valence-electron chi connectivity index (χ3n) is 3.91. The molecule has 0 radical (unpaired) electrons. The molecule has 0 aromatic heterocycles. The van der Waals surface area contributed by atoms with E-state index in [0.29, 0.717) is 11.4 Å². The Kier molecular flexibility index (Phi) is 4.32. The fourth-order valence-electron chi connectivity index (χ4n) is 2.86. The second kappa shape index (κ2) is 6.23. The largest absolute Gasteiger partial charge is 0.306 e. The van der Waals surface area contributed by atoms with Gasteiger partial charge in [0.15, 0.2) is 0 Å². The van der Waals surface area contributed by atoms with Crippen LogP contribution >= 0.6 is 11.6 Å². The fourth-order valence-corrected chi connectivity index (χ4v) is 4.04. The topological polar surface area (TPSA) is 37.4 Å². The van der Waals surface area contributed by atoms with Crippen LogP contribution in [0.15, 0.2) is 54.6 Å². The highest BCUT2D eigenvalue weighted by Crippen LogP contribution is 2.33. The van der Waals surface area contributed by atoms with Crippen molar-refractivity contribution >= 4 is 34.0 Å². The van der Waals surface area contributed by atoms with Crippen molar-refractivity contribution in [1.29, 1.82) is 0 Å². The molecule has 1 aliphatic heterocycles. The monoisotopic (exact) mass is 333 g/mol. The van der Waals surface area contributed by atoms with E-state index in [0.717, 1.165) is 11.3 Å². The molecule has 3 rings (SSSR count). The molecule has 22 heavy (non-hydrogen) atoms. The van der Waals surface area contributed by atoms with Crippen molar-refractivity contribution in [1.82, 2.24) is 0 Å². The van der Waals surface area contributed by atoms with Crippen molar-refractivity contribution in [3.8, 4) is 0 Å². The summed E-state index contributed by atoms with van der Waals surface area (Å²) >= 11 is 5.91. The molecule has 2 aromatic carbocycles. The lowest BCUT2D eigenvalue weighted by Crippen LogP contribution is -2.67. The molecule has 1 fully saturated rings. The molecule has 1 saturated heterocycles. The highest BCUT2D eigenvalue weighted by Gasteiger charge is 2.50. The number of amides is 1. The summed E-state index contributed by atoms with van der Waals surface area (Å²) in [5.74, 6) is -0.0795. The van der Waals surface area contributed by atoms with Gasteiger partial charge in [0.25, 0.3) is 0 Å². The van der Waals surface area contributed by atoms with Gasteiger partial charge in [-0.15, -0.1) is 0 Å². The normalized spacial score (nSPS) is 22.3. The van der Waals surface area contributed by atoms with E-state index >= 15 is 0 Å². The summed E-state index contributed by atoms with van der Waals surface area (Å²) in [5.41, 5.74) is 1.94. The van der Waals surface area contributed by atoms with Crippen LogP contribution in [0, 0.1) is 0 Å². The van der Waals surface area contributed by atoms with Crippen LogP contribution in [0.1, 0.15) is 5.56 Å². The minimum absolute atomic E-state index is 0.0795. The molecule has 1 aliphatic rings. The van der Waals surface area contributed by atoms with Crippen molar-refractivity contribution in [2.75, 3.05) is 11.2 Å². The summed E-state index contributed by atoms with van der Waals surface area (Å²) in [5, 5.41) is 0.197. The van der Waals surface area contributed by atoms with Crippen LogP contribution in [0.4, 0.5) is 5.69 Å². The van der Waals surface area contributed by atoms with Gasteiger partial charge in [-0.25, -0.2) is 0 Å². The third kappa shape index (κ3) is 2.81. The predicted molar refractivity (Wildman–Crippen MR) is 90.7 cm³/mol. The van der Waals surface area contributed by atoms with E-state index in [9.17, 15) is 9.00 Å². The highest BCUT2D eigenvalue weighted by atomic mass is 35.5. The Balaban J connectivity index is 1.89. The number of hydrogen-bond donors (Lipinski definition) is 0. The van der Waals surface area contributed by atoms with Crippen LogP contribution in [0.25, 0.3) is 0 Å². The van der Waals surface area contributed by atoms with Gasteiger partial charge in [0.1, 0.15) is 5.25 Å². The second-order valence-corrected chi connectivity index (χ2v) is 7.30. The summed E-state index contributed by atoms with van der Waals surface area (Å²) < 4.78 is 11.9. The molecule has 5 heteroatoms. The van der Waals surface area contributed by atoms with E-state index in [1.807, 2.05) is 42.5 Å². The molecular formula is C17H16ClNO2S. The molecule has 0 saturated carbocycles. The number of carbonyl (C=O) groups excluding carboxylic acids is 1. The Labute approximate surface area is 137 Å². The van der Waals surface area contributed by atoms with Gasteiger partial charge in [0, 0.05) is 27.8 Å². The minimum atomic E-state index is -1.17. The lowest BCUT2D eigenvalue weighted by molar-refractivity contribution is -0.123. The van der Waals surface area contributed by atoms with Crippen LogP contribution in [-0.2, 0) is 22.0 Å². The molecule has 2 aromatic rings. The zero-order chi connectivity index (χ0) is 15.7. The SMILES string of the molecule is CS(=O)[C@@H]1C(=O)N(c2ccc(Cl)cc2)[C@@H]1Cc1ccccc1. The van der Waals surface area contributed by atoms with Gasteiger partial charge in [-0.05, 0) is 36.2 Å². The van der Waals surface area contributed by atoms with Crippen molar-refractivity contribution in [2.24, 2.45) is 0 Å². The van der Waals surface area contributed by atoms with Gasteiger partial charge in [0.2, 0.25) is 5.91 Å². The van der Waals surface area contributed by atoms with Gasteiger partial charge < -0.3 is 4.90 Å². The Hall–Kier alpha value is -1.65. The first-order valence-electron chi connectivity index (χ1n) is 7.02. The molecule has 1 heterocycles. The number of β-lactam (4-membered cyclic amide) rings is 1. The lowest BCUT2D eigenvalue weighted by Gasteiger charge is -2.46. The summed E-state index contributed by atoms with van der Waals surface area (Å²) in [4.78, 5) is 14.1. The Morgan fingerprint density at radius 3 is 2.32 bits per heavy atom. The van der Waals surface area contributed by atoms with Crippen LogP contribution < -0.4 is 4.90 Å². The number of hydrogen-bond acceptors (Lipinski definition) is 2. The second-order valence-electron chi connectivity index (χ2n) is 5.36. The van der Waals surface area contributed by atoms with Gasteiger partial charge in [-0.3, -0.25) is 9.00 Å². The number of benzene rings is 2. The fraction of sp³-hybridized carbons (Fsp3) is 0.235. The maximum atomic E-state index is 12.4. The van der Waals surface area contributed by atoms with Crippen LogP contribution in [0.5, 0.6) is 0 Å². The standard InChI is InChI=1S/C17H16ClNO2S/c1-22(21)16-15(11-12-5-3-2-4-6-12)19(17(16)20)14-9-7-13(18)8-10-14/h2-10,15-16H,11H2,1H3/t15-,16+,22?/m1/s1. The molecule has 0 aliphatic carbocycles. The van der Waals surface area contributed by atoms with Gasteiger partial charge in [-0.2, -0.15) is 0 Å².